The predicted octanol–water partition coefficient (Wildman–Crippen LogP) is 6.17. The number of non-ortho nitro benzene ring substituents is 1. The highest BCUT2D eigenvalue weighted by atomic mass is 32.2. The van der Waals surface area contributed by atoms with E-state index in [0.29, 0.717) is 0 Å². The van der Waals surface area contributed by atoms with Gasteiger partial charge in [0.05, 0.1) is 9.82 Å². The molecule has 0 radical (unpaired) electrons. The normalized spacial score (nSPS) is 11.2. The lowest BCUT2D eigenvalue weighted by Gasteiger charge is -2.10. The second kappa shape index (κ2) is 9.58. The molecule has 0 aliphatic carbocycles. The summed E-state index contributed by atoms with van der Waals surface area (Å²) in [6.07, 6.45) is 0. The topological polar surface area (TPSA) is 94.3 Å². The molecule has 0 saturated heterocycles. The molecule has 170 valence electrons. The van der Waals surface area contributed by atoms with Gasteiger partial charge in [-0.15, -0.1) is 0 Å². The molecule has 0 spiro atoms. The Hall–Kier alpha value is -3.82. The van der Waals surface area contributed by atoms with Crippen LogP contribution in [0.5, 0.6) is 0 Å². The van der Waals surface area contributed by atoms with E-state index in [2.05, 4.69) is 0 Å². The molecule has 6 nitrogen and oxygen atoms in total. The second-order valence-electron chi connectivity index (χ2n) is 7.17. The van der Waals surface area contributed by atoms with Gasteiger partial charge in [-0.3, -0.25) is 14.9 Å². The third-order valence-electron chi connectivity index (χ3n) is 4.96. The van der Waals surface area contributed by atoms with Crippen molar-refractivity contribution in [2.45, 2.75) is 14.7 Å². The van der Waals surface area contributed by atoms with E-state index >= 15 is 0 Å². The van der Waals surface area contributed by atoms with Crippen LogP contribution in [0.25, 0.3) is 11.1 Å². The number of carbonyl (C=O) groups excluding carboxylic acids is 1. The standard InChI is InChI=1S/C25H16FNO5S2/c26-19-9-13-21(14-10-19)33-24-4-2-1-3-23(24)17-5-7-18(8-6-17)25(28)34(31,32)22-15-11-20(12-16-22)27(29)30/h1-16H. The summed E-state index contributed by atoms with van der Waals surface area (Å²) in [4.78, 5) is 24.3. The van der Waals surface area contributed by atoms with Gasteiger partial charge in [-0.1, -0.05) is 42.1 Å². The number of hydrogen-bond acceptors (Lipinski definition) is 6. The number of benzene rings is 4. The quantitative estimate of drug-likeness (QED) is 0.236. The Bertz CT molecular complexity index is 1470. The Balaban J connectivity index is 1.59. The minimum atomic E-state index is -4.36. The van der Waals surface area contributed by atoms with E-state index in [1.807, 2.05) is 24.3 Å². The van der Waals surface area contributed by atoms with E-state index in [-0.39, 0.29) is 22.0 Å². The van der Waals surface area contributed by atoms with Crippen molar-refractivity contribution in [3.05, 3.63) is 119 Å². The van der Waals surface area contributed by atoms with Crippen molar-refractivity contribution in [1.82, 2.24) is 0 Å². The van der Waals surface area contributed by atoms with Gasteiger partial charge in [-0.25, -0.2) is 12.8 Å². The van der Waals surface area contributed by atoms with Gasteiger partial charge in [0.2, 0.25) is 9.84 Å². The first-order chi connectivity index (χ1) is 16.3. The van der Waals surface area contributed by atoms with E-state index in [9.17, 15) is 27.7 Å². The lowest BCUT2D eigenvalue weighted by Crippen LogP contribution is -2.15. The molecule has 0 heterocycles. The van der Waals surface area contributed by atoms with Crippen LogP contribution in [-0.2, 0) is 9.84 Å². The third-order valence-corrected chi connectivity index (χ3v) is 7.66. The van der Waals surface area contributed by atoms with Crippen LogP contribution in [0.15, 0.2) is 112 Å². The summed E-state index contributed by atoms with van der Waals surface area (Å²) in [6, 6.07) is 24.0. The van der Waals surface area contributed by atoms with Crippen LogP contribution in [0.4, 0.5) is 10.1 Å². The van der Waals surface area contributed by atoms with Gasteiger partial charge in [0.1, 0.15) is 5.82 Å². The number of nitro benzene ring substituents is 1. The second-order valence-corrected chi connectivity index (χ2v) is 10.1. The van der Waals surface area contributed by atoms with Gasteiger partial charge in [0.15, 0.2) is 0 Å². The first kappa shape index (κ1) is 23.3. The number of nitrogens with zero attached hydrogens (tertiary/aromatic N) is 1. The van der Waals surface area contributed by atoms with Crippen molar-refractivity contribution < 1.29 is 22.5 Å². The maximum atomic E-state index is 13.2. The highest BCUT2D eigenvalue weighted by Gasteiger charge is 2.27. The fraction of sp³-hybridized carbons (Fsp3) is 0. The van der Waals surface area contributed by atoms with Gasteiger partial charge in [-0.05, 0) is 65.7 Å². The zero-order valence-electron chi connectivity index (χ0n) is 17.4. The van der Waals surface area contributed by atoms with Crippen molar-refractivity contribution in [3.8, 4) is 11.1 Å². The summed E-state index contributed by atoms with van der Waals surface area (Å²) in [5.41, 5.74) is 1.35. The largest absolute Gasteiger partial charge is 0.281 e. The van der Waals surface area contributed by atoms with Crippen molar-refractivity contribution >= 4 is 32.4 Å². The van der Waals surface area contributed by atoms with E-state index in [4.69, 9.17) is 0 Å². The summed E-state index contributed by atoms with van der Waals surface area (Å²) in [6.45, 7) is 0. The van der Waals surface area contributed by atoms with Crippen molar-refractivity contribution in [3.63, 3.8) is 0 Å². The Labute approximate surface area is 199 Å². The van der Waals surface area contributed by atoms with E-state index in [1.165, 1.54) is 36.0 Å². The first-order valence-electron chi connectivity index (χ1n) is 9.92. The number of nitro groups is 1. The molecule has 4 aromatic rings. The number of carbonyl (C=O) groups is 1. The highest BCUT2D eigenvalue weighted by Crippen LogP contribution is 2.36. The molecule has 0 N–H and O–H groups in total. The van der Waals surface area contributed by atoms with E-state index in [0.717, 1.165) is 45.2 Å². The molecule has 0 aliphatic rings. The van der Waals surface area contributed by atoms with Crippen LogP contribution >= 0.6 is 11.8 Å². The fourth-order valence-corrected chi connectivity index (χ4v) is 5.34. The number of sulfone groups is 1. The van der Waals surface area contributed by atoms with Gasteiger partial charge in [-0.2, -0.15) is 0 Å². The fourth-order valence-electron chi connectivity index (χ4n) is 3.22. The monoisotopic (exact) mass is 493 g/mol. The van der Waals surface area contributed by atoms with Crippen molar-refractivity contribution in [2.75, 3.05) is 0 Å². The van der Waals surface area contributed by atoms with Gasteiger partial charge in [0.25, 0.3) is 10.8 Å². The summed E-state index contributed by atoms with van der Waals surface area (Å²) in [7, 11) is -4.36. The van der Waals surface area contributed by atoms with Crippen LogP contribution in [0.2, 0.25) is 0 Å². The number of hydrogen-bond donors (Lipinski definition) is 0. The van der Waals surface area contributed by atoms with Crippen LogP contribution in [0, 0.1) is 15.9 Å². The molecule has 34 heavy (non-hydrogen) atoms. The van der Waals surface area contributed by atoms with Crippen molar-refractivity contribution in [2.24, 2.45) is 0 Å². The van der Waals surface area contributed by atoms with Gasteiger partial charge >= 0.3 is 0 Å². The van der Waals surface area contributed by atoms with Crippen LogP contribution in [0.1, 0.15) is 10.4 Å². The Morgan fingerprint density at radius 1 is 0.824 bits per heavy atom. The molecule has 0 aliphatic heterocycles. The highest BCUT2D eigenvalue weighted by molar-refractivity contribution is 8.06. The van der Waals surface area contributed by atoms with E-state index in [1.54, 1.807) is 24.3 Å². The van der Waals surface area contributed by atoms with Crippen LogP contribution < -0.4 is 0 Å². The van der Waals surface area contributed by atoms with Crippen LogP contribution in [0.3, 0.4) is 0 Å². The molecule has 0 atom stereocenters. The zero-order valence-corrected chi connectivity index (χ0v) is 19.1. The molecule has 0 bridgehead atoms. The molecular formula is C25H16FNO5S2. The molecule has 9 heteroatoms. The van der Waals surface area contributed by atoms with Crippen LogP contribution in [-0.4, -0.2) is 18.5 Å². The molecular weight excluding hydrogens is 477 g/mol. The predicted molar refractivity (Wildman–Crippen MR) is 127 cm³/mol. The Kier molecular flexibility index (Phi) is 6.58. The van der Waals surface area contributed by atoms with E-state index < -0.39 is 19.9 Å². The molecule has 0 saturated carbocycles. The lowest BCUT2D eigenvalue weighted by molar-refractivity contribution is -0.384. The minimum Gasteiger partial charge on any atom is -0.276 e. The minimum absolute atomic E-state index is 0.0224. The maximum Gasteiger partial charge on any atom is 0.281 e. The summed E-state index contributed by atoms with van der Waals surface area (Å²) in [5, 5.41) is 9.68. The molecule has 0 unspecified atom stereocenters. The SMILES string of the molecule is O=C(c1ccc(-c2ccccc2Sc2ccc(F)cc2)cc1)S(=O)(=O)c1ccc([N+](=O)[O-])cc1. The third kappa shape index (κ3) is 4.90. The summed E-state index contributed by atoms with van der Waals surface area (Å²) in [5.74, 6) is -0.318. The van der Waals surface area contributed by atoms with Gasteiger partial charge in [0, 0.05) is 27.5 Å². The number of halogens is 1. The maximum absolute atomic E-state index is 13.2. The zero-order chi connectivity index (χ0) is 24.3. The molecule has 0 amide bonds. The Morgan fingerprint density at radius 3 is 2.06 bits per heavy atom. The number of rotatable bonds is 6. The molecule has 4 rings (SSSR count). The molecule has 0 fully saturated rings. The van der Waals surface area contributed by atoms with Crippen molar-refractivity contribution in [1.29, 1.82) is 0 Å². The average Bonchev–Trinajstić information content (AvgIpc) is 2.85. The molecule has 0 aromatic heterocycles. The average molecular weight is 494 g/mol. The Morgan fingerprint density at radius 2 is 1.44 bits per heavy atom. The lowest BCUT2D eigenvalue weighted by atomic mass is 10.0. The first-order valence-corrected chi connectivity index (χ1v) is 12.2. The smallest absolute Gasteiger partial charge is 0.276 e. The van der Waals surface area contributed by atoms with Gasteiger partial charge < -0.3 is 0 Å². The molecule has 4 aromatic carbocycles. The summed E-state index contributed by atoms with van der Waals surface area (Å²) >= 11 is 1.46. The summed E-state index contributed by atoms with van der Waals surface area (Å²) < 4.78 is 38.6.